The molecule has 0 bridgehead atoms. The molecule has 0 spiro atoms. The van der Waals surface area contributed by atoms with Gasteiger partial charge in [0.2, 0.25) is 0 Å². The average molecular weight is 471 g/mol. The first-order valence-corrected chi connectivity index (χ1v) is 9.90. The minimum Gasteiger partial charge on any atom is -0.406 e. The zero-order valence-corrected chi connectivity index (χ0v) is 18.3. The second-order valence-electron chi connectivity index (χ2n) is 7.73. The van der Waals surface area contributed by atoms with E-state index in [1.165, 1.54) is 18.2 Å². The summed E-state index contributed by atoms with van der Waals surface area (Å²) in [6.07, 6.45) is -7.78. The molecule has 2 rings (SSSR count). The number of rotatable bonds is 6. The van der Waals surface area contributed by atoms with Crippen LogP contribution in [0.15, 0.2) is 42.5 Å². The third kappa shape index (κ3) is 13.0. The molecule has 0 radical (unpaired) electrons. The van der Waals surface area contributed by atoms with Crippen LogP contribution in [0.5, 0.6) is 11.5 Å². The predicted octanol–water partition coefficient (Wildman–Crippen LogP) is 8.22. The van der Waals surface area contributed by atoms with Gasteiger partial charge in [0.05, 0.1) is 0 Å². The second kappa shape index (κ2) is 11.5. The topological polar surface area (TPSA) is 18.5 Å². The molecule has 0 amide bonds. The fraction of sp³-hybridized carbons (Fsp3) is 0.455. The van der Waals surface area contributed by atoms with Crippen LogP contribution in [0.2, 0.25) is 5.02 Å². The van der Waals surface area contributed by atoms with Gasteiger partial charge in [-0.3, -0.25) is 0 Å². The van der Waals surface area contributed by atoms with Crippen molar-refractivity contribution in [1.29, 1.82) is 0 Å². The van der Waals surface area contributed by atoms with Gasteiger partial charge in [0.15, 0.2) is 0 Å². The Morgan fingerprint density at radius 2 is 1.13 bits per heavy atom. The molecular weight excluding hydrogens is 446 g/mol. The zero-order valence-electron chi connectivity index (χ0n) is 17.6. The fourth-order valence-electron chi connectivity index (χ4n) is 2.70. The Hall–Kier alpha value is -2.09. The molecule has 31 heavy (non-hydrogen) atoms. The van der Waals surface area contributed by atoms with Crippen molar-refractivity contribution in [3.63, 3.8) is 0 Å². The molecule has 0 aromatic heterocycles. The zero-order chi connectivity index (χ0) is 23.8. The van der Waals surface area contributed by atoms with Crippen molar-refractivity contribution in [1.82, 2.24) is 0 Å². The van der Waals surface area contributed by atoms with Crippen molar-refractivity contribution in [2.24, 2.45) is 11.8 Å². The summed E-state index contributed by atoms with van der Waals surface area (Å²) in [5.41, 5.74) is 1.75. The normalized spacial score (nSPS) is 11.9. The van der Waals surface area contributed by atoms with Crippen LogP contribution in [-0.4, -0.2) is 12.7 Å². The number of benzene rings is 2. The van der Waals surface area contributed by atoms with Crippen molar-refractivity contribution in [3.05, 3.63) is 58.6 Å². The van der Waals surface area contributed by atoms with Gasteiger partial charge >= 0.3 is 12.7 Å². The van der Waals surface area contributed by atoms with Gasteiger partial charge in [-0.2, -0.15) is 0 Å². The monoisotopic (exact) mass is 470 g/mol. The van der Waals surface area contributed by atoms with E-state index in [1.807, 2.05) is 13.8 Å². The first-order valence-electron chi connectivity index (χ1n) is 9.53. The molecule has 0 aliphatic heterocycles. The lowest BCUT2D eigenvalue weighted by Crippen LogP contribution is -2.17. The summed E-state index contributed by atoms with van der Waals surface area (Å²) < 4.78 is 79.1. The third-order valence-electron chi connectivity index (χ3n) is 3.61. The second-order valence-corrected chi connectivity index (χ2v) is 8.17. The van der Waals surface area contributed by atoms with Crippen LogP contribution in [-0.2, 0) is 12.8 Å². The van der Waals surface area contributed by atoms with E-state index in [0.717, 1.165) is 23.6 Å². The van der Waals surface area contributed by atoms with Crippen LogP contribution < -0.4 is 9.47 Å². The molecule has 0 atom stereocenters. The first kappa shape index (κ1) is 26.9. The maximum Gasteiger partial charge on any atom is 0.573 e. The molecule has 2 aromatic rings. The maximum atomic E-state index is 12.0. The number of alkyl halides is 6. The van der Waals surface area contributed by atoms with Gasteiger partial charge in [-0.1, -0.05) is 51.4 Å². The predicted molar refractivity (Wildman–Crippen MR) is 108 cm³/mol. The first-order chi connectivity index (χ1) is 14.1. The lowest BCUT2D eigenvalue weighted by Gasteiger charge is -2.11. The van der Waals surface area contributed by atoms with Crippen LogP contribution in [0, 0.1) is 11.8 Å². The lowest BCUT2D eigenvalue weighted by atomic mass is 10.0. The van der Waals surface area contributed by atoms with Crippen LogP contribution in [0.3, 0.4) is 0 Å². The Balaban J connectivity index is 0.000000311. The van der Waals surface area contributed by atoms with E-state index < -0.39 is 12.7 Å². The van der Waals surface area contributed by atoms with Crippen LogP contribution in [0.4, 0.5) is 26.3 Å². The van der Waals surface area contributed by atoms with Gasteiger partial charge in [0.1, 0.15) is 11.5 Å². The van der Waals surface area contributed by atoms with Gasteiger partial charge in [0.25, 0.3) is 0 Å². The summed E-state index contributed by atoms with van der Waals surface area (Å²) in [4.78, 5) is 0. The summed E-state index contributed by atoms with van der Waals surface area (Å²) in [6, 6.07) is 10.1. The molecule has 0 N–H and O–H groups in total. The summed E-state index contributed by atoms with van der Waals surface area (Å²) >= 11 is 5.71. The maximum absolute atomic E-state index is 12.0. The van der Waals surface area contributed by atoms with Crippen LogP contribution in [0.1, 0.15) is 38.8 Å². The lowest BCUT2D eigenvalue weighted by molar-refractivity contribution is -0.275. The van der Waals surface area contributed by atoms with E-state index in [4.69, 9.17) is 11.6 Å². The van der Waals surface area contributed by atoms with Gasteiger partial charge < -0.3 is 9.47 Å². The fourth-order valence-corrected chi connectivity index (χ4v) is 2.95. The van der Waals surface area contributed by atoms with Gasteiger partial charge in [-0.15, -0.1) is 26.3 Å². The number of ether oxygens (including phenoxy) is 2. The van der Waals surface area contributed by atoms with E-state index in [0.29, 0.717) is 18.3 Å². The summed E-state index contributed by atoms with van der Waals surface area (Å²) in [5, 5.41) is 0.248. The van der Waals surface area contributed by atoms with E-state index in [2.05, 4.69) is 23.3 Å². The van der Waals surface area contributed by atoms with E-state index in [-0.39, 0.29) is 16.5 Å². The van der Waals surface area contributed by atoms with Crippen molar-refractivity contribution < 1.29 is 35.8 Å². The molecule has 2 aromatic carbocycles. The molecule has 0 aliphatic rings. The van der Waals surface area contributed by atoms with Crippen molar-refractivity contribution in [2.75, 3.05) is 0 Å². The molecular formula is C22H25ClF6O2. The minimum absolute atomic E-state index is 0.171. The van der Waals surface area contributed by atoms with Gasteiger partial charge in [0, 0.05) is 5.02 Å². The molecule has 0 aliphatic carbocycles. The van der Waals surface area contributed by atoms with Crippen molar-refractivity contribution >= 4 is 11.6 Å². The highest BCUT2D eigenvalue weighted by Crippen LogP contribution is 2.28. The summed E-state index contributed by atoms with van der Waals surface area (Å²) in [5.74, 6) is 0.391. The Bertz CT molecular complexity index is 799. The van der Waals surface area contributed by atoms with Gasteiger partial charge in [-0.05, 0) is 66.1 Å². The Kier molecular flexibility index (Phi) is 10.0. The van der Waals surface area contributed by atoms with Crippen molar-refractivity contribution in [3.8, 4) is 11.5 Å². The molecule has 0 unspecified atom stereocenters. The molecule has 2 nitrogen and oxygen atoms in total. The SMILES string of the molecule is CC(C)Cc1cc(Cl)cc(OC(F)(F)F)c1.CC(C)Cc1ccc(OC(F)(F)F)cc1. The average Bonchev–Trinajstić information content (AvgIpc) is 2.52. The smallest absolute Gasteiger partial charge is 0.406 e. The quantitative estimate of drug-likeness (QED) is 0.396. The summed E-state index contributed by atoms with van der Waals surface area (Å²) in [7, 11) is 0. The largest absolute Gasteiger partial charge is 0.573 e. The molecule has 174 valence electrons. The van der Waals surface area contributed by atoms with Crippen molar-refractivity contribution in [2.45, 2.75) is 53.3 Å². The van der Waals surface area contributed by atoms with E-state index in [1.54, 1.807) is 18.2 Å². The number of hydrogen-bond acceptors (Lipinski definition) is 2. The van der Waals surface area contributed by atoms with Crippen LogP contribution in [0.25, 0.3) is 0 Å². The van der Waals surface area contributed by atoms with E-state index in [9.17, 15) is 26.3 Å². The highest BCUT2D eigenvalue weighted by Gasteiger charge is 2.31. The Morgan fingerprint density at radius 1 is 0.677 bits per heavy atom. The molecule has 9 heteroatoms. The number of hydrogen-bond donors (Lipinski definition) is 0. The molecule has 0 fully saturated rings. The Morgan fingerprint density at radius 3 is 1.58 bits per heavy atom. The third-order valence-corrected chi connectivity index (χ3v) is 3.83. The van der Waals surface area contributed by atoms with Gasteiger partial charge in [-0.25, -0.2) is 0 Å². The molecule has 0 heterocycles. The molecule has 0 saturated carbocycles. The standard InChI is InChI=1S/C11H12ClF3O.C11H13F3O/c1-7(2)3-8-4-9(12)6-10(5-8)16-11(13,14)15;1-8(2)7-9-3-5-10(6-4-9)15-11(12,13)14/h4-7H,3H2,1-2H3;3-6,8H,7H2,1-2H3. The highest BCUT2D eigenvalue weighted by molar-refractivity contribution is 6.30. The Labute approximate surface area is 183 Å². The summed E-state index contributed by atoms with van der Waals surface area (Å²) in [6.45, 7) is 8.07. The van der Waals surface area contributed by atoms with E-state index >= 15 is 0 Å². The highest BCUT2D eigenvalue weighted by atomic mass is 35.5. The minimum atomic E-state index is -4.68. The molecule has 0 saturated heterocycles. The number of halogens is 7. The van der Waals surface area contributed by atoms with Crippen LogP contribution >= 0.6 is 11.6 Å².